The van der Waals surface area contributed by atoms with Gasteiger partial charge in [-0.1, -0.05) is 34.1 Å². The van der Waals surface area contributed by atoms with E-state index in [1.165, 1.54) is 23.2 Å². The van der Waals surface area contributed by atoms with Crippen molar-refractivity contribution in [2.24, 2.45) is 10.5 Å². The standard InChI is InChI=1S/C24H21BrFN3O4/c25-15-9-8-14(18(26)12-15)13-28-21(31)17-6-3-7-19(30)20(17)24(22(28)32)10-11-29(23(24)33)27-16-4-1-2-5-16/h3,6,8-9,12H,1-2,4-5,7,10-11,13H2. The highest BCUT2D eigenvalue weighted by Crippen LogP contribution is 2.48. The number of hydrogen-bond donors (Lipinski definition) is 0. The molecule has 1 aromatic rings. The maximum Gasteiger partial charge on any atom is 0.263 e. The van der Waals surface area contributed by atoms with E-state index in [1.54, 1.807) is 12.1 Å². The number of hydrazone groups is 1. The first-order valence-electron chi connectivity index (χ1n) is 11.0. The summed E-state index contributed by atoms with van der Waals surface area (Å²) in [4.78, 5) is 54.6. The van der Waals surface area contributed by atoms with Crippen LogP contribution in [0, 0.1) is 11.2 Å². The summed E-state index contributed by atoms with van der Waals surface area (Å²) < 4.78 is 15.1. The van der Waals surface area contributed by atoms with Gasteiger partial charge in [0.25, 0.3) is 11.8 Å². The van der Waals surface area contributed by atoms with E-state index in [9.17, 15) is 23.6 Å². The molecule has 0 bridgehead atoms. The lowest BCUT2D eigenvalue weighted by Crippen LogP contribution is -2.57. The first-order valence-corrected chi connectivity index (χ1v) is 11.8. The number of ketones is 1. The number of carbonyl (C=O) groups is 4. The quantitative estimate of drug-likeness (QED) is 0.457. The van der Waals surface area contributed by atoms with Crippen LogP contribution in [0.25, 0.3) is 0 Å². The van der Waals surface area contributed by atoms with E-state index in [-0.39, 0.29) is 42.6 Å². The zero-order valence-corrected chi connectivity index (χ0v) is 19.4. The van der Waals surface area contributed by atoms with Gasteiger partial charge in [0.1, 0.15) is 5.82 Å². The predicted molar refractivity (Wildman–Crippen MR) is 120 cm³/mol. The third kappa shape index (κ3) is 3.40. The summed E-state index contributed by atoms with van der Waals surface area (Å²) in [5, 5.41) is 5.76. The Morgan fingerprint density at radius 1 is 1.09 bits per heavy atom. The van der Waals surface area contributed by atoms with E-state index in [4.69, 9.17) is 0 Å². The summed E-state index contributed by atoms with van der Waals surface area (Å²) in [5.74, 6) is -3.05. The molecule has 0 N–H and O–H groups in total. The molecule has 9 heteroatoms. The average Bonchev–Trinajstić information content (AvgIpc) is 3.41. The fourth-order valence-electron chi connectivity index (χ4n) is 5.09. The summed E-state index contributed by atoms with van der Waals surface area (Å²) in [6, 6.07) is 4.34. The molecule has 2 heterocycles. The van der Waals surface area contributed by atoms with E-state index in [1.807, 2.05) is 0 Å². The molecule has 2 fully saturated rings. The number of rotatable bonds is 3. The lowest BCUT2D eigenvalue weighted by molar-refractivity contribution is -0.156. The van der Waals surface area contributed by atoms with Gasteiger partial charge in [0.05, 0.1) is 6.54 Å². The lowest BCUT2D eigenvalue weighted by Gasteiger charge is -2.39. The van der Waals surface area contributed by atoms with Gasteiger partial charge in [0.2, 0.25) is 5.91 Å². The Balaban J connectivity index is 1.59. The number of Topliss-reactive ketones (excluding diaryl/α,β-unsaturated/α-hetero) is 1. The van der Waals surface area contributed by atoms with Crippen molar-refractivity contribution in [2.75, 3.05) is 6.54 Å². The minimum Gasteiger partial charge on any atom is -0.294 e. The van der Waals surface area contributed by atoms with Crippen LogP contribution in [-0.2, 0) is 25.7 Å². The SMILES string of the molecule is O=C1CC=CC2=C1C1(CCN(N=C3CCCC3)C1=O)C(=O)N(Cc1ccc(Br)cc1F)C2=O. The van der Waals surface area contributed by atoms with Crippen molar-refractivity contribution < 1.29 is 23.6 Å². The van der Waals surface area contributed by atoms with Crippen LogP contribution in [0.4, 0.5) is 4.39 Å². The van der Waals surface area contributed by atoms with E-state index in [0.29, 0.717) is 4.47 Å². The second-order valence-corrected chi connectivity index (χ2v) is 9.62. The van der Waals surface area contributed by atoms with Gasteiger partial charge in [-0.2, -0.15) is 5.10 Å². The Labute approximate surface area is 198 Å². The van der Waals surface area contributed by atoms with Gasteiger partial charge in [-0.25, -0.2) is 9.40 Å². The molecule has 1 saturated carbocycles. The fraction of sp³-hybridized carbons (Fsp3) is 0.375. The molecule has 170 valence electrons. The molecular weight excluding hydrogens is 493 g/mol. The molecule has 1 aromatic carbocycles. The van der Waals surface area contributed by atoms with Crippen molar-refractivity contribution in [1.82, 2.24) is 9.91 Å². The molecule has 4 aliphatic rings. The third-order valence-electron chi connectivity index (χ3n) is 6.73. The maximum absolute atomic E-state index is 14.5. The van der Waals surface area contributed by atoms with Crippen LogP contribution in [-0.4, -0.2) is 45.7 Å². The minimum absolute atomic E-state index is 0.0181. The molecule has 0 radical (unpaired) electrons. The molecule has 33 heavy (non-hydrogen) atoms. The molecule has 0 aromatic heterocycles. The van der Waals surface area contributed by atoms with Gasteiger partial charge >= 0.3 is 0 Å². The Kier molecular flexibility index (Phi) is 5.39. The summed E-state index contributed by atoms with van der Waals surface area (Å²) in [5.41, 5.74) is -0.769. The molecule has 3 amide bonds. The number of carbonyl (C=O) groups excluding carboxylic acids is 4. The van der Waals surface area contributed by atoms with E-state index < -0.39 is 34.7 Å². The molecule has 1 saturated heterocycles. The molecule has 5 rings (SSSR count). The highest BCUT2D eigenvalue weighted by Gasteiger charge is 2.63. The number of imide groups is 1. The van der Waals surface area contributed by atoms with Crippen molar-refractivity contribution in [1.29, 1.82) is 0 Å². The molecular formula is C24H21BrFN3O4. The Hall–Kier alpha value is -2.94. The van der Waals surface area contributed by atoms with Crippen molar-refractivity contribution in [3.63, 3.8) is 0 Å². The van der Waals surface area contributed by atoms with E-state index in [2.05, 4.69) is 21.0 Å². The molecule has 1 atom stereocenters. The normalized spacial score (nSPS) is 25.1. The largest absolute Gasteiger partial charge is 0.294 e. The number of hydrogen-bond acceptors (Lipinski definition) is 5. The molecule has 1 unspecified atom stereocenters. The van der Waals surface area contributed by atoms with Crippen LogP contribution in [0.1, 0.15) is 44.1 Å². The van der Waals surface area contributed by atoms with Gasteiger partial charge in [-0.15, -0.1) is 0 Å². The average molecular weight is 514 g/mol. The van der Waals surface area contributed by atoms with Gasteiger partial charge in [-0.3, -0.25) is 24.1 Å². The van der Waals surface area contributed by atoms with Crippen molar-refractivity contribution in [2.45, 2.75) is 45.1 Å². The van der Waals surface area contributed by atoms with Crippen molar-refractivity contribution >= 4 is 45.1 Å². The number of benzene rings is 1. The Morgan fingerprint density at radius 2 is 1.85 bits per heavy atom. The van der Waals surface area contributed by atoms with Crippen LogP contribution in [0.15, 0.2) is 51.1 Å². The van der Waals surface area contributed by atoms with Crippen LogP contribution < -0.4 is 0 Å². The monoisotopic (exact) mass is 513 g/mol. The van der Waals surface area contributed by atoms with Gasteiger partial charge in [0.15, 0.2) is 11.2 Å². The first-order chi connectivity index (χ1) is 15.8. The Morgan fingerprint density at radius 3 is 2.58 bits per heavy atom. The number of fused-ring (bicyclic) bond motifs is 1. The van der Waals surface area contributed by atoms with Gasteiger partial charge in [-0.05, 0) is 44.2 Å². The van der Waals surface area contributed by atoms with Gasteiger partial charge < -0.3 is 0 Å². The zero-order chi connectivity index (χ0) is 23.3. The lowest BCUT2D eigenvalue weighted by atomic mass is 9.69. The first kappa shape index (κ1) is 21.9. The molecule has 1 spiro atoms. The van der Waals surface area contributed by atoms with E-state index in [0.717, 1.165) is 36.3 Å². The van der Waals surface area contributed by atoms with Crippen LogP contribution in [0.2, 0.25) is 0 Å². The molecule has 7 nitrogen and oxygen atoms in total. The summed E-state index contributed by atoms with van der Waals surface area (Å²) in [7, 11) is 0. The number of amides is 3. The highest BCUT2D eigenvalue weighted by molar-refractivity contribution is 9.10. The summed E-state index contributed by atoms with van der Waals surface area (Å²) in [6.45, 7) is -0.157. The molecule has 2 aliphatic carbocycles. The second-order valence-electron chi connectivity index (χ2n) is 8.71. The Bertz CT molecular complexity index is 1200. The molecule has 2 aliphatic heterocycles. The number of nitrogens with zero attached hydrogens (tertiary/aromatic N) is 3. The fourth-order valence-corrected chi connectivity index (χ4v) is 5.42. The minimum atomic E-state index is -1.81. The van der Waals surface area contributed by atoms with Crippen molar-refractivity contribution in [3.05, 3.63) is 57.4 Å². The van der Waals surface area contributed by atoms with Crippen LogP contribution in [0.3, 0.4) is 0 Å². The second kappa shape index (κ2) is 8.13. The summed E-state index contributed by atoms with van der Waals surface area (Å²) >= 11 is 3.19. The van der Waals surface area contributed by atoms with Gasteiger partial charge in [0, 0.05) is 39.9 Å². The highest BCUT2D eigenvalue weighted by atomic mass is 79.9. The van der Waals surface area contributed by atoms with Crippen LogP contribution >= 0.6 is 15.9 Å². The zero-order valence-electron chi connectivity index (χ0n) is 17.8. The maximum atomic E-state index is 14.5. The summed E-state index contributed by atoms with van der Waals surface area (Å²) in [6.07, 6.45) is 6.72. The predicted octanol–water partition coefficient (Wildman–Crippen LogP) is 3.43. The third-order valence-corrected chi connectivity index (χ3v) is 7.23. The van der Waals surface area contributed by atoms with Crippen LogP contribution in [0.5, 0.6) is 0 Å². The topological polar surface area (TPSA) is 87.1 Å². The van der Waals surface area contributed by atoms with E-state index >= 15 is 0 Å². The smallest absolute Gasteiger partial charge is 0.263 e. The number of halogens is 2. The number of allylic oxidation sites excluding steroid dienone is 1. The van der Waals surface area contributed by atoms with Crippen molar-refractivity contribution in [3.8, 4) is 0 Å².